The zero-order chi connectivity index (χ0) is 17.5. The van der Waals surface area contributed by atoms with Gasteiger partial charge in [0.25, 0.3) is 5.91 Å². The fourth-order valence-corrected chi connectivity index (χ4v) is 2.06. The Hall–Kier alpha value is -2.83. The maximum atomic E-state index is 11.8. The first-order valence-electron chi connectivity index (χ1n) is 7.61. The fraction of sp³-hybridized carbons (Fsp3) is 0.353. The smallest absolute Gasteiger partial charge is 0.271 e. The molecule has 2 N–H and O–H groups in total. The van der Waals surface area contributed by atoms with Crippen molar-refractivity contribution in [2.75, 3.05) is 19.5 Å². The molecule has 1 amide bonds. The van der Waals surface area contributed by atoms with E-state index in [0.717, 1.165) is 5.56 Å². The molecular weight excluding hydrogens is 308 g/mol. The standard InChI is InChI=1S/C17H22N4O3/c1-11(2)21-17(22)13-9-20-16(10-18-13)19-8-12-5-6-14(23-3)15(7-12)24-4/h5-7,9-11H,8H2,1-4H3,(H,19,20)(H,21,22). The highest BCUT2D eigenvalue weighted by Gasteiger charge is 2.09. The number of carbonyl (C=O) groups excluding carboxylic acids is 1. The molecule has 7 heteroatoms. The lowest BCUT2D eigenvalue weighted by Crippen LogP contribution is -2.30. The van der Waals surface area contributed by atoms with E-state index in [4.69, 9.17) is 9.47 Å². The average molecular weight is 330 g/mol. The lowest BCUT2D eigenvalue weighted by molar-refractivity contribution is 0.0937. The summed E-state index contributed by atoms with van der Waals surface area (Å²) in [5.74, 6) is 1.71. The number of nitrogens with zero attached hydrogens (tertiary/aromatic N) is 2. The molecule has 0 atom stereocenters. The molecule has 24 heavy (non-hydrogen) atoms. The number of hydrogen-bond donors (Lipinski definition) is 2. The highest BCUT2D eigenvalue weighted by atomic mass is 16.5. The first-order chi connectivity index (χ1) is 11.5. The Labute approximate surface area is 141 Å². The number of hydrogen-bond acceptors (Lipinski definition) is 6. The molecule has 0 fully saturated rings. The normalized spacial score (nSPS) is 10.4. The van der Waals surface area contributed by atoms with Gasteiger partial charge in [-0.2, -0.15) is 0 Å². The van der Waals surface area contributed by atoms with Crippen molar-refractivity contribution in [2.24, 2.45) is 0 Å². The van der Waals surface area contributed by atoms with Crippen LogP contribution in [0.2, 0.25) is 0 Å². The van der Waals surface area contributed by atoms with Crippen LogP contribution in [-0.2, 0) is 6.54 Å². The van der Waals surface area contributed by atoms with Gasteiger partial charge in [-0.15, -0.1) is 0 Å². The maximum absolute atomic E-state index is 11.8. The molecule has 1 aromatic heterocycles. The second kappa shape index (κ2) is 8.14. The maximum Gasteiger partial charge on any atom is 0.271 e. The van der Waals surface area contributed by atoms with Crippen molar-refractivity contribution in [3.8, 4) is 11.5 Å². The molecule has 1 heterocycles. The van der Waals surface area contributed by atoms with Crippen molar-refractivity contribution in [3.05, 3.63) is 41.9 Å². The number of carbonyl (C=O) groups is 1. The molecule has 7 nitrogen and oxygen atoms in total. The van der Waals surface area contributed by atoms with Crippen LogP contribution in [0.3, 0.4) is 0 Å². The Bertz CT molecular complexity index is 687. The van der Waals surface area contributed by atoms with Crippen LogP contribution < -0.4 is 20.1 Å². The van der Waals surface area contributed by atoms with Crippen molar-refractivity contribution >= 4 is 11.7 Å². The van der Waals surface area contributed by atoms with Crippen molar-refractivity contribution in [3.63, 3.8) is 0 Å². The van der Waals surface area contributed by atoms with Crippen LogP contribution >= 0.6 is 0 Å². The van der Waals surface area contributed by atoms with Gasteiger partial charge in [-0.05, 0) is 31.5 Å². The van der Waals surface area contributed by atoms with Crippen molar-refractivity contribution in [2.45, 2.75) is 26.4 Å². The first-order valence-corrected chi connectivity index (χ1v) is 7.61. The minimum atomic E-state index is -0.232. The number of methoxy groups -OCH3 is 2. The third-order valence-electron chi connectivity index (χ3n) is 3.23. The van der Waals surface area contributed by atoms with E-state index in [9.17, 15) is 4.79 Å². The number of aromatic nitrogens is 2. The van der Waals surface area contributed by atoms with Crippen LogP contribution in [0.5, 0.6) is 11.5 Å². The van der Waals surface area contributed by atoms with Gasteiger partial charge in [0, 0.05) is 12.6 Å². The molecule has 0 aliphatic heterocycles. The van der Waals surface area contributed by atoms with Crippen molar-refractivity contribution in [1.29, 1.82) is 0 Å². The summed E-state index contributed by atoms with van der Waals surface area (Å²) in [6.45, 7) is 4.33. The molecule has 2 rings (SSSR count). The number of benzene rings is 1. The van der Waals surface area contributed by atoms with E-state index >= 15 is 0 Å². The minimum absolute atomic E-state index is 0.0575. The van der Waals surface area contributed by atoms with Gasteiger partial charge >= 0.3 is 0 Å². The molecule has 128 valence electrons. The number of nitrogens with one attached hydrogen (secondary N) is 2. The lowest BCUT2D eigenvalue weighted by Gasteiger charge is -2.11. The molecule has 2 aromatic rings. The quantitative estimate of drug-likeness (QED) is 0.810. The SMILES string of the molecule is COc1ccc(CNc2cnc(C(=O)NC(C)C)cn2)cc1OC. The Morgan fingerprint density at radius 1 is 1.12 bits per heavy atom. The van der Waals surface area contributed by atoms with E-state index in [1.165, 1.54) is 12.4 Å². The van der Waals surface area contributed by atoms with E-state index in [1.807, 2.05) is 32.0 Å². The van der Waals surface area contributed by atoms with Crippen LogP contribution in [0.15, 0.2) is 30.6 Å². The highest BCUT2D eigenvalue weighted by Crippen LogP contribution is 2.27. The summed E-state index contributed by atoms with van der Waals surface area (Å²) in [4.78, 5) is 20.1. The first kappa shape index (κ1) is 17.5. The van der Waals surface area contributed by atoms with E-state index in [2.05, 4.69) is 20.6 Å². The molecule has 0 radical (unpaired) electrons. The van der Waals surface area contributed by atoms with Gasteiger partial charge in [0.2, 0.25) is 0 Å². The molecule has 0 spiro atoms. The van der Waals surface area contributed by atoms with Crippen LogP contribution in [0.25, 0.3) is 0 Å². The van der Waals surface area contributed by atoms with Gasteiger partial charge in [-0.1, -0.05) is 6.07 Å². The summed E-state index contributed by atoms with van der Waals surface area (Å²) in [6.07, 6.45) is 2.99. The van der Waals surface area contributed by atoms with Crippen LogP contribution in [-0.4, -0.2) is 36.1 Å². The molecule has 0 saturated carbocycles. The highest BCUT2D eigenvalue weighted by molar-refractivity contribution is 5.92. The molecule has 0 saturated heterocycles. The monoisotopic (exact) mass is 330 g/mol. The predicted molar refractivity (Wildman–Crippen MR) is 91.5 cm³/mol. The largest absolute Gasteiger partial charge is 0.493 e. The predicted octanol–water partition coefficient (Wildman–Crippen LogP) is 2.24. The minimum Gasteiger partial charge on any atom is -0.493 e. The third kappa shape index (κ3) is 4.58. The van der Waals surface area contributed by atoms with Gasteiger partial charge in [0.1, 0.15) is 11.5 Å². The van der Waals surface area contributed by atoms with E-state index in [1.54, 1.807) is 14.2 Å². The van der Waals surface area contributed by atoms with Crippen LogP contribution in [0, 0.1) is 0 Å². The van der Waals surface area contributed by atoms with E-state index in [-0.39, 0.29) is 11.9 Å². The fourth-order valence-electron chi connectivity index (χ4n) is 2.06. The Morgan fingerprint density at radius 3 is 2.46 bits per heavy atom. The van der Waals surface area contributed by atoms with Crippen molar-refractivity contribution in [1.82, 2.24) is 15.3 Å². The van der Waals surface area contributed by atoms with E-state index < -0.39 is 0 Å². The van der Waals surface area contributed by atoms with Gasteiger partial charge in [-0.25, -0.2) is 9.97 Å². The van der Waals surface area contributed by atoms with E-state index in [0.29, 0.717) is 29.6 Å². The third-order valence-corrected chi connectivity index (χ3v) is 3.23. The van der Waals surface area contributed by atoms with Crippen LogP contribution in [0.4, 0.5) is 5.82 Å². The van der Waals surface area contributed by atoms with Crippen molar-refractivity contribution < 1.29 is 14.3 Å². The second-order valence-corrected chi connectivity index (χ2v) is 5.46. The second-order valence-electron chi connectivity index (χ2n) is 5.46. The topological polar surface area (TPSA) is 85.4 Å². The van der Waals surface area contributed by atoms with Gasteiger partial charge in [-0.3, -0.25) is 4.79 Å². The summed E-state index contributed by atoms with van der Waals surface area (Å²) in [5, 5.41) is 5.93. The summed E-state index contributed by atoms with van der Waals surface area (Å²) in [5.41, 5.74) is 1.30. The molecule has 1 aromatic carbocycles. The summed E-state index contributed by atoms with van der Waals surface area (Å²) in [6, 6.07) is 5.73. The molecule has 0 unspecified atom stereocenters. The Kier molecular flexibility index (Phi) is 5.95. The van der Waals surface area contributed by atoms with Gasteiger partial charge in [0.15, 0.2) is 11.5 Å². The van der Waals surface area contributed by atoms with Gasteiger partial charge < -0.3 is 20.1 Å². The summed E-state index contributed by atoms with van der Waals surface area (Å²) < 4.78 is 10.5. The number of anilines is 1. The Morgan fingerprint density at radius 2 is 1.88 bits per heavy atom. The van der Waals surface area contributed by atoms with Gasteiger partial charge in [0.05, 0.1) is 26.6 Å². The Balaban J connectivity index is 1.98. The molecule has 0 aliphatic carbocycles. The average Bonchev–Trinajstić information content (AvgIpc) is 2.59. The lowest BCUT2D eigenvalue weighted by atomic mass is 10.2. The number of amides is 1. The van der Waals surface area contributed by atoms with Crippen LogP contribution in [0.1, 0.15) is 29.9 Å². The number of ether oxygens (including phenoxy) is 2. The summed E-state index contributed by atoms with van der Waals surface area (Å²) >= 11 is 0. The number of rotatable bonds is 7. The summed E-state index contributed by atoms with van der Waals surface area (Å²) in [7, 11) is 3.20. The zero-order valence-corrected chi connectivity index (χ0v) is 14.3. The zero-order valence-electron chi connectivity index (χ0n) is 14.3. The molecular formula is C17H22N4O3. The molecule has 0 aliphatic rings. The molecule has 0 bridgehead atoms.